The first-order chi connectivity index (χ1) is 12.1. The van der Waals surface area contributed by atoms with Crippen molar-refractivity contribution in [1.29, 1.82) is 0 Å². The molecule has 2 aromatic carbocycles. The molecular weight excluding hydrogens is 316 g/mol. The van der Waals surface area contributed by atoms with E-state index in [2.05, 4.69) is 15.5 Å². The normalized spacial score (nSPS) is 11.4. The fraction of sp³-hybridized carbons (Fsp3) is 0.158. The molecule has 0 radical (unpaired) electrons. The molecule has 0 aliphatic heterocycles. The molecule has 0 aliphatic carbocycles. The van der Waals surface area contributed by atoms with E-state index in [4.69, 9.17) is 4.74 Å². The zero-order valence-corrected chi connectivity index (χ0v) is 14.1. The third-order valence-corrected chi connectivity index (χ3v) is 3.79. The minimum atomic E-state index is -0.484. The molecule has 25 heavy (non-hydrogen) atoms. The highest BCUT2D eigenvalue weighted by molar-refractivity contribution is 6.15. The van der Waals surface area contributed by atoms with Gasteiger partial charge < -0.3 is 4.74 Å². The molecule has 0 aliphatic rings. The van der Waals surface area contributed by atoms with Crippen LogP contribution in [0.3, 0.4) is 0 Å². The summed E-state index contributed by atoms with van der Waals surface area (Å²) in [5, 5.41) is 11.4. The minimum absolute atomic E-state index is 0.193. The van der Waals surface area contributed by atoms with Crippen molar-refractivity contribution in [3.63, 3.8) is 0 Å². The van der Waals surface area contributed by atoms with Crippen LogP contribution in [0.2, 0.25) is 0 Å². The summed E-state index contributed by atoms with van der Waals surface area (Å²) < 4.78 is 6.88. The number of ether oxygens (including phenoxy) is 1. The first-order valence-corrected chi connectivity index (χ1v) is 7.89. The topological polar surface area (TPSA) is 69.9 Å². The highest BCUT2D eigenvalue weighted by Crippen LogP contribution is 2.15. The predicted octanol–water partition coefficient (Wildman–Crippen LogP) is 3.03. The molecule has 0 saturated heterocycles. The summed E-state index contributed by atoms with van der Waals surface area (Å²) in [4.78, 5) is 12.7. The number of rotatable bonds is 5. The van der Waals surface area contributed by atoms with Gasteiger partial charge in [0.15, 0.2) is 11.5 Å². The maximum absolute atomic E-state index is 12.7. The van der Waals surface area contributed by atoms with E-state index in [1.54, 1.807) is 13.0 Å². The fourth-order valence-electron chi connectivity index (χ4n) is 2.36. The van der Waals surface area contributed by atoms with E-state index in [9.17, 15) is 4.79 Å². The van der Waals surface area contributed by atoms with E-state index < -0.39 is 5.97 Å². The number of benzene rings is 2. The van der Waals surface area contributed by atoms with Crippen LogP contribution in [0.25, 0.3) is 11.8 Å². The van der Waals surface area contributed by atoms with Crippen LogP contribution in [0.4, 0.5) is 0 Å². The van der Waals surface area contributed by atoms with E-state index in [0.717, 1.165) is 16.7 Å². The van der Waals surface area contributed by atoms with Gasteiger partial charge in [-0.2, -0.15) is 4.68 Å². The highest BCUT2D eigenvalue weighted by Gasteiger charge is 2.18. The second-order valence-corrected chi connectivity index (χ2v) is 5.58. The summed E-state index contributed by atoms with van der Waals surface area (Å²) in [6, 6.07) is 17.3. The summed E-state index contributed by atoms with van der Waals surface area (Å²) in [5.74, 6) is 0.0255. The predicted molar refractivity (Wildman–Crippen MR) is 94.1 cm³/mol. The number of hydrogen-bond acceptors (Lipinski definition) is 5. The van der Waals surface area contributed by atoms with Crippen molar-refractivity contribution in [1.82, 2.24) is 20.2 Å². The molecule has 6 heteroatoms. The number of hydrogen-bond donors (Lipinski definition) is 0. The molecule has 0 amide bonds. The summed E-state index contributed by atoms with van der Waals surface area (Å²) in [5.41, 5.74) is 3.16. The van der Waals surface area contributed by atoms with Gasteiger partial charge in [0.05, 0.1) is 0 Å². The molecule has 6 nitrogen and oxygen atoms in total. The molecule has 0 atom stereocenters. The molecular formula is C19H18N4O2. The smallest absolute Gasteiger partial charge is 0.357 e. The van der Waals surface area contributed by atoms with Crippen molar-refractivity contribution in [2.45, 2.75) is 20.5 Å². The number of tetrazole rings is 1. The zero-order valence-electron chi connectivity index (χ0n) is 14.1. The van der Waals surface area contributed by atoms with Gasteiger partial charge in [0, 0.05) is 0 Å². The summed E-state index contributed by atoms with van der Waals surface area (Å²) in [7, 11) is 0. The Hall–Kier alpha value is -3.28. The van der Waals surface area contributed by atoms with E-state index >= 15 is 0 Å². The van der Waals surface area contributed by atoms with Crippen LogP contribution in [0.15, 0.2) is 54.6 Å². The lowest BCUT2D eigenvalue weighted by molar-refractivity contribution is -0.138. The quantitative estimate of drug-likeness (QED) is 0.530. The second kappa shape index (κ2) is 7.53. The Labute approximate surface area is 145 Å². The first kappa shape index (κ1) is 16.6. The van der Waals surface area contributed by atoms with Crippen molar-refractivity contribution in [2.24, 2.45) is 0 Å². The highest BCUT2D eigenvalue weighted by atomic mass is 16.5. The SMILES string of the molecule is Cc1ccccc1COC(=O)/C(=C\c1ccccc1)n1nnnc1C. The largest absolute Gasteiger partial charge is 0.456 e. The number of carbonyl (C=O) groups excluding carboxylic acids is 1. The molecule has 0 bridgehead atoms. The molecule has 3 aromatic rings. The number of carbonyl (C=O) groups is 1. The molecule has 0 saturated carbocycles. The van der Waals surface area contributed by atoms with Crippen molar-refractivity contribution in [3.05, 3.63) is 77.1 Å². The van der Waals surface area contributed by atoms with Crippen LogP contribution >= 0.6 is 0 Å². The lowest BCUT2D eigenvalue weighted by atomic mass is 10.1. The van der Waals surface area contributed by atoms with Gasteiger partial charge in [0.25, 0.3) is 0 Å². The van der Waals surface area contributed by atoms with E-state index in [1.807, 2.05) is 61.5 Å². The molecule has 0 unspecified atom stereocenters. The Morgan fingerprint density at radius 3 is 2.48 bits per heavy atom. The minimum Gasteiger partial charge on any atom is -0.456 e. The molecule has 1 aromatic heterocycles. The Kier molecular flexibility index (Phi) is 4.99. The van der Waals surface area contributed by atoms with Gasteiger partial charge in [-0.3, -0.25) is 0 Å². The maximum atomic E-state index is 12.7. The van der Waals surface area contributed by atoms with Crippen molar-refractivity contribution in [2.75, 3.05) is 0 Å². The molecule has 1 heterocycles. The van der Waals surface area contributed by atoms with Gasteiger partial charge in [-0.1, -0.05) is 54.6 Å². The van der Waals surface area contributed by atoms with E-state index in [0.29, 0.717) is 5.82 Å². The van der Waals surface area contributed by atoms with E-state index in [1.165, 1.54) is 4.68 Å². The molecule has 0 N–H and O–H groups in total. The monoisotopic (exact) mass is 334 g/mol. The average molecular weight is 334 g/mol. The third kappa shape index (κ3) is 3.98. The fourth-order valence-corrected chi connectivity index (χ4v) is 2.36. The van der Waals surface area contributed by atoms with Gasteiger partial charge in [-0.15, -0.1) is 5.10 Å². The standard InChI is InChI=1S/C19H18N4O2/c1-14-8-6-7-11-17(14)13-25-19(24)18(23-15(2)20-21-22-23)12-16-9-4-3-5-10-16/h3-12H,13H2,1-2H3/b18-12+. The number of esters is 1. The summed E-state index contributed by atoms with van der Waals surface area (Å²) in [6.45, 7) is 3.90. The summed E-state index contributed by atoms with van der Waals surface area (Å²) >= 11 is 0. The zero-order chi connectivity index (χ0) is 17.6. The third-order valence-electron chi connectivity index (χ3n) is 3.79. The number of nitrogens with zero attached hydrogens (tertiary/aromatic N) is 4. The first-order valence-electron chi connectivity index (χ1n) is 7.89. The van der Waals surface area contributed by atoms with Crippen LogP contribution < -0.4 is 0 Å². The van der Waals surface area contributed by atoms with Crippen LogP contribution in [0.5, 0.6) is 0 Å². The van der Waals surface area contributed by atoms with Crippen molar-refractivity contribution >= 4 is 17.7 Å². The van der Waals surface area contributed by atoms with Crippen LogP contribution in [-0.4, -0.2) is 26.2 Å². The van der Waals surface area contributed by atoms with Crippen molar-refractivity contribution in [3.8, 4) is 0 Å². The molecule has 126 valence electrons. The Balaban J connectivity index is 1.87. The maximum Gasteiger partial charge on any atom is 0.357 e. The van der Waals surface area contributed by atoms with Gasteiger partial charge in [-0.25, -0.2) is 4.79 Å². The second-order valence-electron chi connectivity index (χ2n) is 5.58. The van der Waals surface area contributed by atoms with Crippen LogP contribution in [-0.2, 0) is 16.1 Å². The Bertz CT molecular complexity index is 901. The van der Waals surface area contributed by atoms with Gasteiger partial charge >= 0.3 is 5.97 Å². The molecule has 0 fully saturated rings. The molecule has 3 rings (SSSR count). The van der Waals surface area contributed by atoms with Gasteiger partial charge in [0.1, 0.15) is 6.61 Å². The Morgan fingerprint density at radius 2 is 1.80 bits per heavy atom. The van der Waals surface area contributed by atoms with Gasteiger partial charge in [-0.05, 0) is 47.0 Å². The van der Waals surface area contributed by atoms with E-state index in [-0.39, 0.29) is 12.3 Å². The van der Waals surface area contributed by atoms with Crippen LogP contribution in [0.1, 0.15) is 22.5 Å². The van der Waals surface area contributed by atoms with Gasteiger partial charge in [0.2, 0.25) is 0 Å². The Morgan fingerprint density at radius 1 is 1.08 bits per heavy atom. The lowest BCUT2D eigenvalue weighted by Gasteiger charge is -2.10. The van der Waals surface area contributed by atoms with Crippen molar-refractivity contribution < 1.29 is 9.53 Å². The summed E-state index contributed by atoms with van der Waals surface area (Å²) in [6.07, 6.45) is 1.71. The molecule has 0 spiro atoms. The average Bonchev–Trinajstić information content (AvgIpc) is 3.05. The lowest BCUT2D eigenvalue weighted by Crippen LogP contribution is -2.15. The number of aromatic nitrogens is 4. The number of aryl methyl sites for hydroxylation is 2. The van der Waals surface area contributed by atoms with Crippen LogP contribution in [0, 0.1) is 13.8 Å².